The molecule has 1 saturated heterocycles. The third-order valence-corrected chi connectivity index (χ3v) is 3.91. The number of ether oxygens (including phenoxy) is 1. The highest BCUT2D eigenvalue weighted by Crippen LogP contribution is 2.18. The number of rotatable bonds is 5. The minimum absolute atomic E-state index is 0.375. The molecule has 2 N–H and O–H groups in total. The van der Waals surface area contributed by atoms with Crippen molar-refractivity contribution in [2.45, 2.75) is 25.9 Å². The van der Waals surface area contributed by atoms with E-state index in [-0.39, 0.29) is 0 Å². The van der Waals surface area contributed by atoms with Gasteiger partial charge >= 0.3 is 0 Å². The second kappa shape index (κ2) is 6.91. The second-order valence-corrected chi connectivity index (χ2v) is 5.78. The van der Waals surface area contributed by atoms with Crippen LogP contribution in [0.3, 0.4) is 0 Å². The van der Waals surface area contributed by atoms with Crippen LogP contribution in [0.4, 0.5) is 0 Å². The molecule has 1 aliphatic rings. The first-order chi connectivity index (χ1) is 10.3. The number of halogens is 1. The highest BCUT2D eigenvalue weighted by molar-refractivity contribution is 6.30. The molecule has 0 aliphatic carbocycles. The number of hydrogen-bond acceptors (Lipinski definition) is 4. The fraction of sp³-hybridized carbons (Fsp3) is 0.467. The predicted octanol–water partition coefficient (Wildman–Crippen LogP) is 2.58. The van der Waals surface area contributed by atoms with Gasteiger partial charge in [-0.25, -0.2) is 4.98 Å². The molecule has 6 heteroatoms. The van der Waals surface area contributed by atoms with E-state index in [2.05, 4.69) is 20.5 Å². The first-order valence-electron chi connectivity index (χ1n) is 7.29. The van der Waals surface area contributed by atoms with Crippen LogP contribution in [0.5, 0.6) is 5.75 Å². The minimum atomic E-state index is 0.375. The molecule has 5 nitrogen and oxygen atoms in total. The molecule has 0 radical (unpaired) electrons. The summed E-state index contributed by atoms with van der Waals surface area (Å²) in [6.07, 6.45) is 3.33. The van der Waals surface area contributed by atoms with Gasteiger partial charge in [-0.15, -0.1) is 0 Å². The smallest absolute Gasteiger partial charge is 0.162 e. The van der Waals surface area contributed by atoms with Gasteiger partial charge in [0.25, 0.3) is 0 Å². The Balaban J connectivity index is 1.52. The van der Waals surface area contributed by atoms with Crippen LogP contribution in [0.1, 0.15) is 24.5 Å². The zero-order valence-electron chi connectivity index (χ0n) is 11.8. The molecule has 2 heterocycles. The molecule has 1 aliphatic heterocycles. The fourth-order valence-electron chi connectivity index (χ4n) is 2.54. The zero-order valence-corrected chi connectivity index (χ0v) is 12.6. The Labute approximate surface area is 129 Å². The summed E-state index contributed by atoms with van der Waals surface area (Å²) in [4.78, 5) is 4.50. The van der Waals surface area contributed by atoms with E-state index in [9.17, 15) is 0 Å². The van der Waals surface area contributed by atoms with Gasteiger partial charge in [0.1, 0.15) is 12.4 Å². The fourth-order valence-corrected chi connectivity index (χ4v) is 2.72. The summed E-state index contributed by atoms with van der Waals surface area (Å²) in [7, 11) is 0. The summed E-state index contributed by atoms with van der Waals surface area (Å²) >= 11 is 5.92. The van der Waals surface area contributed by atoms with Crippen molar-refractivity contribution in [2.75, 3.05) is 13.1 Å². The van der Waals surface area contributed by atoms with Gasteiger partial charge in [-0.05, 0) is 50.0 Å². The van der Waals surface area contributed by atoms with Crippen LogP contribution in [-0.2, 0) is 13.0 Å². The number of benzene rings is 1. The van der Waals surface area contributed by atoms with E-state index in [1.165, 1.54) is 12.8 Å². The van der Waals surface area contributed by atoms with Crippen LogP contribution in [0.15, 0.2) is 24.3 Å². The molecule has 2 aromatic rings. The monoisotopic (exact) mass is 306 g/mol. The van der Waals surface area contributed by atoms with Crippen molar-refractivity contribution >= 4 is 11.6 Å². The maximum absolute atomic E-state index is 5.92. The van der Waals surface area contributed by atoms with Crippen LogP contribution < -0.4 is 10.1 Å². The van der Waals surface area contributed by atoms with Gasteiger partial charge in [-0.3, -0.25) is 5.10 Å². The van der Waals surface area contributed by atoms with Crippen LogP contribution in [0.2, 0.25) is 5.02 Å². The molecule has 21 heavy (non-hydrogen) atoms. The van der Waals surface area contributed by atoms with Gasteiger partial charge in [0.2, 0.25) is 0 Å². The van der Waals surface area contributed by atoms with Crippen molar-refractivity contribution < 1.29 is 4.74 Å². The predicted molar refractivity (Wildman–Crippen MR) is 81.5 cm³/mol. The lowest BCUT2D eigenvalue weighted by Gasteiger charge is -2.20. The van der Waals surface area contributed by atoms with E-state index < -0.39 is 0 Å². The van der Waals surface area contributed by atoms with E-state index in [0.29, 0.717) is 17.5 Å². The zero-order chi connectivity index (χ0) is 14.5. The van der Waals surface area contributed by atoms with E-state index in [0.717, 1.165) is 36.9 Å². The second-order valence-electron chi connectivity index (χ2n) is 5.34. The van der Waals surface area contributed by atoms with Crippen LogP contribution in [0, 0.1) is 5.92 Å². The van der Waals surface area contributed by atoms with Gasteiger partial charge in [-0.2, -0.15) is 5.10 Å². The average molecular weight is 307 g/mol. The average Bonchev–Trinajstić information content (AvgIpc) is 2.94. The van der Waals surface area contributed by atoms with Crippen LogP contribution >= 0.6 is 11.6 Å². The number of nitrogens with one attached hydrogen (secondary N) is 2. The van der Waals surface area contributed by atoms with Crippen LogP contribution in [0.25, 0.3) is 0 Å². The van der Waals surface area contributed by atoms with Crippen molar-refractivity contribution in [3.63, 3.8) is 0 Å². The SMILES string of the molecule is Clc1cccc(OCc2nc(CC3CCNCC3)n[nH]2)c1. The van der Waals surface area contributed by atoms with Crippen molar-refractivity contribution in [1.82, 2.24) is 20.5 Å². The molecule has 0 unspecified atom stereocenters. The highest BCUT2D eigenvalue weighted by atomic mass is 35.5. The molecular weight excluding hydrogens is 288 g/mol. The first-order valence-corrected chi connectivity index (χ1v) is 7.66. The summed E-state index contributed by atoms with van der Waals surface area (Å²) in [5.41, 5.74) is 0. The Kier molecular flexibility index (Phi) is 4.72. The van der Waals surface area contributed by atoms with Gasteiger partial charge in [0, 0.05) is 11.4 Å². The van der Waals surface area contributed by atoms with Gasteiger partial charge in [0.05, 0.1) is 0 Å². The molecule has 0 atom stereocenters. The summed E-state index contributed by atoms with van der Waals surface area (Å²) < 4.78 is 5.65. The van der Waals surface area contributed by atoms with Gasteiger partial charge in [0.15, 0.2) is 11.6 Å². The Morgan fingerprint density at radius 3 is 2.95 bits per heavy atom. The molecule has 1 fully saturated rings. The van der Waals surface area contributed by atoms with Crippen molar-refractivity contribution in [3.05, 3.63) is 40.9 Å². The topological polar surface area (TPSA) is 62.8 Å². The molecule has 1 aromatic carbocycles. The number of nitrogens with zero attached hydrogens (tertiary/aromatic N) is 2. The Morgan fingerprint density at radius 2 is 2.14 bits per heavy atom. The standard InChI is InChI=1S/C15H19ClN4O/c16-12-2-1-3-13(9-12)21-10-15-18-14(19-20-15)8-11-4-6-17-7-5-11/h1-3,9,11,17H,4-8,10H2,(H,18,19,20). The largest absolute Gasteiger partial charge is 0.486 e. The van der Waals surface area contributed by atoms with Crippen molar-refractivity contribution in [2.24, 2.45) is 5.92 Å². The molecule has 0 amide bonds. The lowest BCUT2D eigenvalue weighted by atomic mass is 9.94. The summed E-state index contributed by atoms with van der Waals surface area (Å²) in [6.45, 7) is 2.57. The molecule has 3 rings (SSSR count). The summed E-state index contributed by atoms with van der Waals surface area (Å²) in [5.74, 6) is 3.05. The lowest BCUT2D eigenvalue weighted by Crippen LogP contribution is -2.28. The number of hydrogen-bond donors (Lipinski definition) is 2. The quantitative estimate of drug-likeness (QED) is 0.891. The number of H-pyrrole nitrogens is 1. The summed E-state index contributed by atoms with van der Waals surface area (Å²) in [5, 5.41) is 11.3. The molecule has 112 valence electrons. The Morgan fingerprint density at radius 1 is 1.29 bits per heavy atom. The van der Waals surface area contributed by atoms with Gasteiger partial charge in [-0.1, -0.05) is 17.7 Å². The number of aromatic nitrogens is 3. The third-order valence-electron chi connectivity index (χ3n) is 3.68. The van der Waals surface area contributed by atoms with Gasteiger partial charge < -0.3 is 10.1 Å². The Bertz CT molecular complexity index is 581. The summed E-state index contributed by atoms with van der Waals surface area (Å²) in [6, 6.07) is 7.34. The van der Waals surface area contributed by atoms with E-state index >= 15 is 0 Å². The lowest BCUT2D eigenvalue weighted by molar-refractivity contribution is 0.296. The number of piperidine rings is 1. The molecular formula is C15H19ClN4O. The van der Waals surface area contributed by atoms with E-state index in [1.807, 2.05) is 18.2 Å². The number of aromatic amines is 1. The maximum atomic E-state index is 5.92. The molecule has 1 aromatic heterocycles. The van der Waals surface area contributed by atoms with E-state index in [1.54, 1.807) is 6.07 Å². The molecule has 0 saturated carbocycles. The normalized spacial score (nSPS) is 16.0. The van der Waals surface area contributed by atoms with E-state index in [4.69, 9.17) is 16.3 Å². The third kappa shape index (κ3) is 4.19. The van der Waals surface area contributed by atoms with Crippen molar-refractivity contribution in [1.29, 1.82) is 0 Å². The minimum Gasteiger partial charge on any atom is -0.486 e. The van der Waals surface area contributed by atoms with Crippen LogP contribution in [-0.4, -0.2) is 28.3 Å². The highest BCUT2D eigenvalue weighted by Gasteiger charge is 2.16. The van der Waals surface area contributed by atoms with Crippen molar-refractivity contribution in [3.8, 4) is 5.75 Å². The first kappa shape index (κ1) is 14.4. The maximum Gasteiger partial charge on any atom is 0.162 e. The Hall–Kier alpha value is -1.59. The molecule has 0 spiro atoms. The molecule has 0 bridgehead atoms.